The van der Waals surface area contributed by atoms with E-state index in [0.29, 0.717) is 6.54 Å². The molecule has 0 bridgehead atoms. The molecular weight excluding hydrogens is 242 g/mol. The monoisotopic (exact) mass is 259 g/mol. The van der Waals surface area contributed by atoms with Crippen LogP contribution in [0.3, 0.4) is 0 Å². The molecule has 2 aromatic rings. The summed E-state index contributed by atoms with van der Waals surface area (Å²) in [4.78, 5) is 1.69. The molecule has 0 saturated heterocycles. The van der Waals surface area contributed by atoms with Gasteiger partial charge in [-0.1, -0.05) is 24.3 Å². The Balaban J connectivity index is 1.75. The number of fused-ring (bicyclic) bond motifs is 1. The third-order valence-corrected chi connectivity index (χ3v) is 3.73. The van der Waals surface area contributed by atoms with Crippen LogP contribution in [0.15, 0.2) is 36.5 Å². The highest BCUT2D eigenvalue weighted by Gasteiger charge is 2.35. The smallest absolute Gasteiger partial charge is 0.136 e. The van der Waals surface area contributed by atoms with E-state index in [4.69, 9.17) is 0 Å². The summed E-state index contributed by atoms with van der Waals surface area (Å²) in [6.45, 7) is 0.580. The van der Waals surface area contributed by atoms with Crippen molar-refractivity contribution in [2.24, 2.45) is 7.05 Å². The van der Waals surface area contributed by atoms with Gasteiger partial charge >= 0.3 is 0 Å². The zero-order valence-electron chi connectivity index (χ0n) is 10.8. The van der Waals surface area contributed by atoms with Gasteiger partial charge in [-0.25, -0.2) is 4.90 Å². The molecule has 2 atom stereocenters. The minimum atomic E-state index is -0.737. The zero-order valence-corrected chi connectivity index (χ0v) is 10.8. The van der Waals surface area contributed by atoms with Gasteiger partial charge in [0.15, 0.2) is 0 Å². The molecule has 1 aliphatic rings. The molecule has 3 rings (SSSR count). The second kappa shape index (κ2) is 4.77. The van der Waals surface area contributed by atoms with Crippen LogP contribution < -0.4 is 0 Å². The van der Waals surface area contributed by atoms with E-state index in [1.807, 2.05) is 42.1 Å². The molecule has 0 radical (unpaired) electrons. The second-order valence-electron chi connectivity index (χ2n) is 4.81. The lowest BCUT2D eigenvalue weighted by atomic mass is 10.1. The molecule has 0 amide bonds. The van der Waals surface area contributed by atoms with Gasteiger partial charge in [-0.2, -0.15) is 5.10 Å². The highest BCUT2D eigenvalue weighted by Crippen LogP contribution is 2.38. The van der Waals surface area contributed by atoms with Crippen molar-refractivity contribution in [1.29, 1.82) is 0 Å². The summed E-state index contributed by atoms with van der Waals surface area (Å²) in [6, 6.07) is 9.40. The van der Waals surface area contributed by atoms with E-state index in [-0.39, 0.29) is 0 Å². The molecule has 0 saturated carbocycles. The first-order chi connectivity index (χ1) is 9.18. The molecule has 2 heterocycles. The Bertz CT molecular complexity index is 553. The maximum atomic E-state index is 10.3. The van der Waals surface area contributed by atoms with Gasteiger partial charge in [0.05, 0.1) is 0 Å². The zero-order chi connectivity index (χ0) is 13.4. The van der Waals surface area contributed by atoms with Gasteiger partial charge in [-0.05, 0) is 6.07 Å². The third kappa shape index (κ3) is 2.06. The molecule has 5 heteroatoms. The summed E-state index contributed by atoms with van der Waals surface area (Å²) in [7, 11) is 1.89. The lowest BCUT2D eigenvalue weighted by molar-refractivity contribution is -0.0836. The van der Waals surface area contributed by atoms with E-state index in [1.54, 1.807) is 11.1 Å². The number of aliphatic hydroxyl groups is 2. The lowest BCUT2D eigenvalue weighted by Crippen LogP contribution is -2.28. The fourth-order valence-electron chi connectivity index (χ4n) is 2.61. The van der Waals surface area contributed by atoms with Gasteiger partial charge in [0.1, 0.15) is 12.5 Å². The predicted molar refractivity (Wildman–Crippen MR) is 70.0 cm³/mol. The molecule has 1 aromatic carbocycles. The molecule has 2 unspecified atom stereocenters. The van der Waals surface area contributed by atoms with Gasteiger partial charge in [0.25, 0.3) is 0 Å². The van der Waals surface area contributed by atoms with Crippen LogP contribution in [0.25, 0.3) is 0 Å². The van der Waals surface area contributed by atoms with E-state index in [1.165, 1.54) is 0 Å². The molecule has 0 fully saturated rings. The first kappa shape index (κ1) is 12.3. The van der Waals surface area contributed by atoms with Gasteiger partial charge in [0.2, 0.25) is 0 Å². The number of aliphatic hydroxyl groups excluding tert-OH is 2. The van der Waals surface area contributed by atoms with Crippen molar-refractivity contribution in [3.8, 4) is 0 Å². The SMILES string of the molecule is Cn1nccc1CCN1C(O)c2ccccc2C1O. The average Bonchev–Trinajstić information content (AvgIpc) is 2.93. The van der Waals surface area contributed by atoms with Gasteiger partial charge < -0.3 is 10.2 Å². The van der Waals surface area contributed by atoms with Crippen LogP contribution in [0.5, 0.6) is 0 Å². The number of hydrogen-bond acceptors (Lipinski definition) is 4. The van der Waals surface area contributed by atoms with Crippen molar-refractivity contribution in [2.45, 2.75) is 18.9 Å². The van der Waals surface area contributed by atoms with E-state index in [9.17, 15) is 10.2 Å². The molecule has 5 nitrogen and oxygen atoms in total. The lowest BCUT2D eigenvalue weighted by Gasteiger charge is -2.24. The number of rotatable bonds is 3. The highest BCUT2D eigenvalue weighted by atomic mass is 16.3. The number of nitrogens with zero attached hydrogens (tertiary/aromatic N) is 3. The molecule has 100 valence electrons. The summed E-state index contributed by atoms with van der Waals surface area (Å²) < 4.78 is 1.81. The van der Waals surface area contributed by atoms with Crippen molar-refractivity contribution in [3.05, 3.63) is 53.3 Å². The number of aryl methyl sites for hydroxylation is 1. The quantitative estimate of drug-likeness (QED) is 0.862. The van der Waals surface area contributed by atoms with Crippen molar-refractivity contribution < 1.29 is 10.2 Å². The third-order valence-electron chi connectivity index (χ3n) is 3.73. The van der Waals surface area contributed by atoms with E-state index in [2.05, 4.69) is 5.10 Å². The maximum absolute atomic E-state index is 10.3. The van der Waals surface area contributed by atoms with E-state index in [0.717, 1.165) is 23.2 Å². The van der Waals surface area contributed by atoms with Crippen LogP contribution in [0, 0.1) is 0 Å². The maximum Gasteiger partial charge on any atom is 0.136 e. The largest absolute Gasteiger partial charge is 0.374 e. The Morgan fingerprint density at radius 2 is 1.74 bits per heavy atom. The predicted octanol–water partition coefficient (Wildman–Crippen LogP) is 0.960. The minimum absolute atomic E-state index is 0.580. The summed E-state index contributed by atoms with van der Waals surface area (Å²) in [5, 5.41) is 24.6. The van der Waals surface area contributed by atoms with Crippen molar-refractivity contribution in [3.63, 3.8) is 0 Å². The molecule has 0 spiro atoms. The van der Waals surface area contributed by atoms with Crippen molar-refractivity contribution in [1.82, 2.24) is 14.7 Å². The standard InChI is InChI=1S/C14H17N3O2/c1-16-10(6-8-15-16)7-9-17-13(18)11-4-2-3-5-12(11)14(17)19/h2-6,8,13-14,18-19H,7,9H2,1H3. The average molecular weight is 259 g/mol. The molecule has 19 heavy (non-hydrogen) atoms. The Kier molecular flexibility index (Phi) is 3.10. The number of benzene rings is 1. The normalized spacial score (nSPS) is 22.7. The van der Waals surface area contributed by atoms with Crippen LogP contribution in [0.4, 0.5) is 0 Å². The summed E-state index contributed by atoms with van der Waals surface area (Å²) in [5.41, 5.74) is 2.66. The minimum Gasteiger partial charge on any atom is -0.374 e. The molecule has 0 aliphatic carbocycles. The fraction of sp³-hybridized carbons (Fsp3) is 0.357. The van der Waals surface area contributed by atoms with Crippen LogP contribution in [-0.4, -0.2) is 31.4 Å². The Labute approximate surface area is 111 Å². The van der Waals surface area contributed by atoms with Crippen molar-refractivity contribution >= 4 is 0 Å². The van der Waals surface area contributed by atoms with Crippen LogP contribution in [-0.2, 0) is 13.5 Å². The van der Waals surface area contributed by atoms with Gasteiger partial charge in [-0.3, -0.25) is 4.68 Å². The van der Waals surface area contributed by atoms with E-state index >= 15 is 0 Å². The summed E-state index contributed by atoms with van der Waals surface area (Å²) in [6.07, 6.45) is 1.01. The molecular formula is C14H17N3O2. The number of aromatic nitrogens is 2. The highest BCUT2D eigenvalue weighted by molar-refractivity contribution is 5.34. The van der Waals surface area contributed by atoms with Crippen LogP contribution >= 0.6 is 0 Å². The molecule has 1 aromatic heterocycles. The van der Waals surface area contributed by atoms with Crippen LogP contribution in [0.2, 0.25) is 0 Å². The first-order valence-electron chi connectivity index (χ1n) is 6.36. The fourth-order valence-corrected chi connectivity index (χ4v) is 2.61. The first-order valence-corrected chi connectivity index (χ1v) is 6.36. The van der Waals surface area contributed by atoms with Gasteiger partial charge in [0, 0.05) is 43.0 Å². The Hall–Kier alpha value is -1.69. The van der Waals surface area contributed by atoms with Crippen molar-refractivity contribution in [2.75, 3.05) is 6.54 Å². The van der Waals surface area contributed by atoms with E-state index < -0.39 is 12.5 Å². The number of hydrogen-bond donors (Lipinski definition) is 2. The molecule has 1 aliphatic heterocycles. The Morgan fingerprint density at radius 3 is 2.26 bits per heavy atom. The van der Waals surface area contributed by atoms with Gasteiger partial charge in [-0.15, -0.1) is 0 Å². The summed E-state index contributed by atoms with van der Waals surface area (Å²) >= 11 is 0. The molecule has 2 N–H and O–H groups in total. The van der Waals surface area contributed by atoms with Crippen LogP contribution in [0.1, 0.15) is 29.3 Å². The Morgan fingerprint density at radius 1 is 1.11 bits per heavy atom. The summed E-state index contributed by atoms with van der Waals surface area (Å²) in [5.74, 6) is 0. The second-order valence-corrected chi connectivity index (χ2v) is 4.81. The topological polar surface area (TPSA) is 61.5 Å².